The minimum absolute atomic E-state index is 0.101. The number of aryl methyl sites for hydroxylation is 1. The van der Waals surface area contributed by atoms with Crippen molar-refractivity contribution in [1.29, 1.82) is 0 Å². The molecule has 0 bridgehead atoms. The van der Waals surface area contributed by atoms with E-state index < -0.39 is 24.5 Å². The van der Waals surface area contributed by atoms with Crippen molar-refractivity contribution >= 4 is 17.9 Å². The second kappa shape index (κ2) is 9.91. The Morgan fingerprint density at radius 1 is 0.926 bits per heavy atom. The molecule has 2 aromatic carbocycles. The standard InChI is InChI=1S/C21H20O6/c1-15-7-6-10-18(11-15)27-20(23)14-26-21(24)16(2)12-19(22)25-13-17-8-4-3-5-9-17/h3-11H,2,12-14H2,1H3. The van der Waals surface area contributed by atoms with Crippen molar-refractivity contribution in [2.75, 3.05) is 6.61 Å². The summed E-state index contributed by atoms with van der Waals surface area (Å²) in [4.78, 5) is 35.3. The maximum atomic E-state index is 11.8. The number of benzene rings is 2. The molecule has 0 saturated heterocycles. The van der Waals surface area contributed by atoms with E-state index in [4.69, 9.17) is 14.2 Å². The second-order valence-corrected chi connectivity index (χ2v) is 5.79. The van der Waals surface area contributed by atoms with E-state index in [2.05, 4.69) is 6.58 Å². The second-order valence-electron chi connectivity index (χ2n) is 5.79. The van der Waals surface area contributed by atoms with E-state index in [-0.39, 0.29) is 18.6 Å². The first-order valence-corrected chi connectivity index (χ1v) is 8.26. The Hall–Kier alpha value is -3.41. The van der Waals surface area contributed by atoms with Gasteiger partial charge in [0.15, 0.2) is 6.61 Å². The molecule has 2 rings (SSSR count). The van der Waals surface area contributed by atoms with Gasteiger partial charge in [0.05, 0.1) is 6.42 Å². The van der Waals surface area contributed by atoms with Crippen molar-refractivity contribution in [3.63, 3.8) is 0 Å². The lowest BCUT2D eigenvalue weighted by Gasteiger charge is -2.08. The summed E-state index contributed by atoms with van der Waals surface area (Å²) in [5.74, 6) is -1.83. The summed E-state index contributed by atoms with van der Waals surface area (Å²) in [5.41, 5.74) is 1.66. The van der Waals surface area contributed by atoms with Gasteiger partial charge in [-0.2, -0.15) is 0 Å². The maximum absolute atomic E-state index is 11.8. The predicted octanol–water partition coefficient (Wildman–Crippen LogP) is 3.13. The van der Waals surface area contributed by atoms with Crippen molar-refractivity contribution in [3.8, 4) is 5.75 Å². The first kappa shape index (κ1) is 19.9. The number of esters is 3. The summed E-state index contributed by atoms with van der Waals surface area (Å²) in [6.45, 7) is 4.88. The highest BCUT2D eigenvalue weighted by molar-refractivity contribution is 5.94. The largest absolute Gasteiger partial charge is 0.461 e. The van der Waals surface area contributed by atoms with Crippen molar-refractivity contribution in [3.05, 3.63) is 77.9 Å². The predicted molar refractivity (Wildman–Crippen MR) is 97.8 cm³/mol. The van der Waals surface area contributed by atoms with E-state index >= 15 is 0 Å². The van der Waals surface area contributed by atoms with E-state index in [1.807, 2.05) is 43.3 Å². The molecule has 2 aromatic rings. The summed E-state index contributed by atoms with van der Waals surface area (Å²) in [6, 6.07) is 16.0. The van der Waals surface area contributed by atoms with Crippen LogP contribution in [0.4, 0.5) is 0 Å². The summed E-state index contributed by atoms with van der Waals surface area (Å²) < 4.78 is 14.9. The minimum atomic E-state index is -0.854. The van der Waals surface area contributed by atoms with Gasteiger partial charge >= 0.3 is 17.9 Å². The molecule has 0 saturated carbocycles. The van der Waals surface area contributed by atoms with Crippen molar-refractivity contribution in [2.45, 2.75) is 20.0 Å². The van der Waals surface area contributed by atoms with Crippen LogP contribution in [0.3, 0.4) is 0 Å². The monoisotopic (exact) mass is 368 g/mol. The van der Waals surface area contributed by atoms with E-state index in [1.54, 1.807) is 18.2 Å². The quantitative estimate of drug-likeness (QED) is 0.405. The number of hydrogen-bond donors (Lipinski definition) is 0. The number of hydrogen-bond acceptors (Lipinski definition) is 6. The Kier molecular flexibility index (Phi) is 7.31. The van der Waals surface area contributed by atoms with Gasteiger partial charge in [-0.15, -0.1) is 0 Å². The van der Waals surface area contributed by atoms with Crippen LogP contribution in [0.2, 0.25) is 0 Å². The van der Waals surface area contributed by atoms with Gasteiger partial charge in [-0.05, 0) is 30.2 Å². The molecule has 0 atom stereocenters. The molecule has 0 N–H and O–H groups in total. The molecule has 0 spiro atoms. The fourth-order valence-electron chi connectivity index (χ4n) is 2.10. The smallest absolute Gasteiger partial charge is 0.349 e. The SMILES string of the molecule is C=C(CC(=O)OCc1ccccc1)C(=O)OCC(=O)Oc1cccc(C)c1. The van der Waals surface area contributed by atoms with Crippen molar-refractivity contribution in [2.24, 2.45) is 0 Å². The zero-order valence-electron chi connectivity index (χ0n) is 15.0. The third-order valence-corrected chi connectivity index (χ3v) is 3.43. The van der Waals surface area contributed by atoms with Gasteiger partial charge in [-0.25, -0.2) is 9.59 Å². The number of rotatable bonds is 8. The van der Waals surface area contributed by atoms with Crippen LogP contribution in [0, 0.1) is 6.92 Å². The molecular formula is C21H20O6. The van der Waals surface area contributed by atoms with E-state index in [0.29, 0.717) is 5.75 Å². The zero-order chi connectivity index (χ0) is 19.6. The lowest BCUT2D eigenvalue weighted by molar-refractivity contribution is -0.152. The fourth-order valence-corrected chi connectivity index (χ4v) is 2.10. The molecule has 0 aliphatic heterocycles. The van der Waals surface area contributed by atoms with Crippen molar-refractivity contribution in [1.82, 2.24) is 0 Å². The highest BCUT2D eigenvalue weighted by atomic mass is 16.6. The van der Waals surface area contributed by atoms with Crippen LogP contribution in [0.1, 0.15) is 17.5 Å². The Balaban J connectivity index is 1.70. The summed E-state index contributed by atoms with van der Waals surface area (Å²) >= 11 is 0. The third kappa shape index (κ3) is 7.15. The molecule has 6 nitrogen and oxygen atoms in total. The van der Waals surface area contributed by atoms with Crippen LogP contribution in [0.5, 0.6) is 5.75 Å². The van der Waals surface area contributed by atoms with Crippen LogP contribution in [0.15, 0.2) is 66.7 Å². The lowest BCUT2D eigenvalue weighted by Crippen LogP contribution is -2.20. The molecular weight excluding hydrogens is 348 g/mol. The molecule has 0 unspecified atom stereocenters. The molecule has 0 aromatic heterocycles. The molecule has 0 aliphatic rings. The van der Waals surface area contributed by atoms with Gasteiger partial charge in [0.1, 0.15) is 12.4 Å². The minimum Gasteiger partial charge on any atom is -0.461 e. The van der Waals surface area contributed by atoms with Crippen molar-refractivity contribution < 1.29 is 28.6 Å². The van der Waals surface area contributed by atoms with Gasteiger partial charge in [-0.3, -0.25) is 4.79 Å². The summed E-state index contributed by atoms with van der Waals surface area (Å²) in [6.07, 6.45) is -0.321. The van der Waals surface area contributed by atoms with Gasteiger partial charge in [-0.1, -0.05) is 49.0 Å². The van der Waals surface area contributed by atoms with Crippen LogP contribution < -0.4 is 4.74 Å². The molecule has 6 heteroatoms. The summed E-state index contributed by atoms with van der Waals surface area (Å²) in [5, 5.41) is 0. The topological polar surface area (TPSA) is 78.9 Å². The van der Waals surface area contributed by atoms with Gasteiger partial charge in [0.25, 0.3) is 0 Å². The average Bonchev–Trinajstić information content (AvgIpc) is 2.65. The van der Waals surface area contributed by atoms with E-state index in [9.17, 15) is 14.4 Å². The number of carbonyl (C=O) groups excluding carboxylic acids is 3. The summed E-state index contributed by atoms with van der Waals surface area (Å²) in [7, 11) is 0. The van der Waals surface area contributed by atoms with Crippen LogP contribution in [-0.4, -0.2) is 24.5 Å². The van der Waals surface area contributed by atoms with Crippen LogP contribution >= 0.6 is 0 Å². The van der Waals surface area contributed by atoms with Crippen LogP contribution in [-0.2, 0) is 30.5 Å². The zero-order valence-corrected chi connectivity index (χ0v) is 15.0. The Morgan fingerprint density at radius 3 is 2.37 bits per heavy atom. The van der Waals surface area contributed by atoms with E-state index in [0.717, 1.165) is 11.1 Å². The Morgan fingerprint density at radius 2 is 1.67 bits per heavy atom. The molecule has 0 radical (unpaired) electrons. The first-order valence-electron chi connectivity index (χ1n) is 8.26. The molecule has 0 aliphatic carbocycles. The van der Waals surface area contributed by atoms with Crippen LogP contribution in [0.25, 0.3) is 0 Å². The molecule has 0 amide bonds. The lowest BCUT2D eigenvalue weighted by atomic mass is 10.2. The Bertz CT molecular complexity index is 826. The van der Waals surface area contributed by atoms with Gasteiger partial charge in [0.2, 0.25) is 0 Å². The molecule has 140 valence electrons. The Labute approximate surface area is 157 Å². The average molecular weight is 368 g/mol. The van der Waals surface area contributed by atoms with Gasteiger partial charge < -0.3 is 14.2 Å². The molecule has 27 heavy (non-hydrogen) atoms. The molecule has 0 heterocycles. The number of carbonyl (C=O) groups is 3. The fraction of sp³-hybridized carbons (Fsp3) is 0.190. The third-order valence-electron chi connectivity index (χ3n) is 3.43. The highest BCUT2D eigenvalue weighted by Gasteiger charge is 2.16. The van der Waals surface area contributed by atoms with Gasteiger partial charge in [0, 0.05) is 5.57 Å². The maximum Gasteiger partial charge on any atom is 0.349 e. The van der Waals surface area contributed by atoms with E-state index in [1.165, 1.54) is 0 Å². The first-order chi connectivity index (χ1) is 12.9. The molecule has 0 fully saturated rings. The number of ether oxygens (including phenoxy) is 3. The normalized spacial score (nSPS) is 9.96. The highest BCUT2D eigenvalue weighted by Crippen LogP contribution is 2.13.